The van der Waals surface area contributed by atoms with Crippen molar-refractivity contribution >= 4 is 45.2 Å². The van der Waals surface area contributed by atoms with E-state index in [9.17, 15) is 4.39 Å². The second-order valence-electron chi connectivity index (χ2n) is 4.30. The van der Waals surface area contributed by atoms with Gasteiger partial charge in [0, 0.05) is 12.7 Å². The standard InChI is InChI=1S/C12H11ClFIN2O/c13-5-12-16-10-4-9(15)8(14)3-11(10)17(12)7-1-2-18-6-7/h3-4,7H,1-2,5-6H2. The predicted molar refractivity (Wildman–Crippen MR) is 76.4 cm³/mol. The molecule has 0 bridgehead atoms. The van der Waals surface area contributed by atoms with Crippen LogP contribution in [0.1, 0.15) is 18.3 Å². The summed E-state index contributed by atoms with van der Waals surface area (Å²) in [5.74, 6) is 0.886. The highest BCUT2D eigenvalue weighted by Gasteiger charge is 2.23. The van der Waals surface area contributed by atoms with E-state index in [4.69, 9.17) is 16.3 Å². The lowest BCUT2D eigenvalue weighted by molar-refractivity contribution is 0.187. The lowest BCUT2D eigenvalue weighted by atomic mass is 10.2. The number of imidazole rings is 1. The Morgan fingerprint density at radius 1 is 1.56 bits per heavy atom. The van der Waals surface area contributed by atoms with Crippen LogP contribution in [0.4, 0.5) is 4.39 Å². The summed E-state index contributed by atoms with van der Waals surface area (Å²) < 4.78 is 21.7. The van der Waals surface area contributed by atoms with Crippen molar-refractivity contribution in [3.63, 3.8) is 0 Å². The average Bonchev–Trinajstić information content (AvgIpc) is 2.96. The summed E-state index contributed by atoms with van der Waals surface area (Å²) in [6.45, 7) is 1.38. The van der Waals surface area contributed by atoms with E-state index in [0.29, 0.717) is 16.1 Å². The first kappa shape index (κ1) is 12.6. The van der Waals surface area contributed by atoms with E-state index in [2.05, 4.69) is 4.98 Å². The predicted octanol–water partition coefficient (Wildman–Crippen LogP) is 3.48. The van der Waals surface area contributed by atoms with Crippen LogP contribution < -0.4 is 0 Å². The molecule has 1 aliphatic rings. The minimum absolute atomic E-state index is 0.211. The molecule has 6 heteroatoms. The Morgan fingerprint density at radius 2 is 2.39 bits per heavy atom. The number of fused-ring (bicyclic) bond motifs is 1. The van der Waals surface area contributed by atoms with E-state index in [1.54, 1.807) is 12.1 Å². The van der Waals surface area contributed by atoms with Crippen LogP contribution in [0.3, 0.4) is 0 Å². The van der Waals surface area contributed by atoms with Gasteiger partial charge in [-0.25, -0.2) is 9.37 Å². The van der Waals surface area contributed by atoms with Gasteiger partial charge in [-0.15, -0.1) is 11.6 Å². The van der Waals surface area contributed by atoms with Crippen LogP contribution in [0, 0.1) is 9.39 Å². The van der Waals surface area contributed by atoms with Gasteiger partial charge in [0.2, 0.25) is 0 Å². The van der Waals surface area contributed by atoms with Crippen molar-refractivity contribution < 1.29 is 9.13 Å². The lowest BCUT2D eigenvalue weighted by Crippen LogP contribution is -2.11. The second-order valence-corrected chi connectivity index (χ2v) is 5.73. The average molecular weight is 381 g/mol. The first-order chi connectivity index (χ1) is 8.70. The smallest absolute Gasteiger partial charge is 0.138 e. The Morgan fingerprint density at radius 3 is 3.06 bits per heavy atom. The Labute approximate surface area is 122 Å². The first-order valence-electron chi connectivity index (χ1n) is 5.70. The molecule has 18 heavy (non-hydrogen) atoms. The van der Waals surface area contributed by atoms with Crippen molar-refractivity contribution in [1.29, 1.82) is 0 Å². The Bertz CT molecular complexity index is 595. The largest absolute Gasteiger partial charge is 0.379 e. The van der Waals surface area contributed by atoms with E-state index in [1.165, 1.54) is 0 Å². The molecule has 0 amide bonds. The minimum atomic E-state index is -0.218. The molecule has 1 aliphatic heterocycles. The number of rotatable bonds is 2. The number of halogens is 3. The second kappa shape index (κ2) is 4.94. The number of ether oxygens (including phenoxy) is 1. The number of nitrogens with zero attached hydrogens (tertiary/aromatic N) is 2. The molecule has 1 unspecified atom stereocenters. The molecule has 0 N–H and O–H groups in total. The molecule has 1 aromatic carbocycles. The van der Waals surface area contributed by atoms with Crippen molar-refractivity contribution in [3.05, 3.63) is 27.3 Å². The minimum Gasteiger partial charge on any atom is -0.379 e. The normalized spacial score (nSPS) is 19.8. The fourth-order valence-electron chi connectivity index (χ4n) is 2.37. The molecule has 1 aromatic heterocycles. The number of benzene rings is 1. The summed E-state index contributed by atoms with van der Waals surface area (Å²) in [6.07, 6.45) is 0.920. The van der Waals surface area contributed by atoms with Crippen molar-refractivity contribution in [1.82, 2.24) is 9.55 Å². The molecule has 96 valence electrons. The van der Waals surface area contributed by atoms with Gasteiger partial charge in [0.15, 0.2) is 0 Å². The van der Waals surface area contributed by atoms with Gasteiger partial charge in [-0.2, -0.15) is 0 Å². The van der Waals surface area contributed by atoms with Gasteiger partial charge in [0.05, 0.1) is 33.1 Å². The van der Waals surface area contributed by atoms with E-state index in [-0.39, 0.29) is 11.9 Å². The summed E-state index contributed by atoms with van der Waals surface area (Å²) >= 11 is 7.91. The molecule has 0 spiro atoms. The highest BCUT2D eigenvalue weighted by atomic mass is 127. The fraction of sp³-hybridized carbons (Fsp3) is 0.417. The molecule has 1 fully saturated rings. The summed E-state index contributed by atoms with van der Waals surface area (Å²) in [4.78, 5) is 4.48. The SMILES string of the molecule is Fc1cc2c(cc1I)nc(CCl)n2C1CCOC1. The van der Waals surface area contributed by atoms with Gasteiger partial charge in [0.25, 0.3) is 0 Å². The van der Waals surface area contributed by atoms with Crippen molar-refractivity contribution in [2.45, 2.75) is 18.3 Å². The van der Waals surface area contributed by atoms with Crippen molar-refractivity contribution in [3.8, 4) is 0 Å². The van der Waals surface area contributed by atoms with E-state index in [0.717, 1.165) is 29.9 Å². The quantitative estimate of drug-likeness (QED) is 0.589. The van der Waals surface area contributed by atoms with Crippen molar-refractivity contribution in [2.24, 2.45) is 0 Å². The number of alkyl halides is 1. The molecule has 3 rings (SSSR count). The highest BCUT2D eigenvalue weighted by Crippen LogP contribution is 2.29. The van der Waals surface area contributed by atoms with E-state index >= 15 is 0 Å². The summed E-state index contributed by atoms with van der Waals surface area (Å²) in [7, 11) is 0. The molecular formula is C12H11ClFIN2O. The monoisotopic (exact) mass is 380 g/mol. The Balaban J connectivity index is 2.23. The van der Waals surface area contributed by atoms with E-state index < -0.39 is 0 Å². The highest BCUT2D eigenvalue weighted by molar-refractivity contribution is 14.1. The van der Waals surface area contributed by atoms with Crippen LogP contribution >= 0.6 is 34.2 Å². The molecule has 1 saturated heterocycles. The van der Waals surface area contributed by atoms with E-state index in [1.807, 2.05) is 27.2 Å². The summed E-state index contributed by atoms with van der Waals surface area (Å²) in [5, 5.41) is 0. The van der Waals surface area contributed by atoms with Gasteiger partial charge in [-0.3, -0.25) is 0 Å². The van der Waals surface area contributed by atoms with Gasteiger partial charge in [-0.05, 0) is 35.1 Å². The van der Waals surface area contributed by atoms with Gasteiger partial charge in [0.1, 0.15) is 11.6 Å². The molecule has 3 nitrogen and oxygen atoms in total. The number of hydrogen-bond acceptors (Lipinski definition) is 2. The van der Waals surface area contributed by atoms with Gasteiger partial charge in [-0.1, -0.05) is 0 Å². The lowest BCUT2D eigenvalue weighted by Gasteiger charge is -2.14. The molecule has 0 radical (unpaired) electrons. The van der Waals surface area contributed by atoms with Crippen LogP contribution in [-0.4, -0.2) is 22.8 Å². The zero-order valence-corrected chi connectivity index (χ0v) is 12.4. The summed E-state index contributed by atoms with van der Waals surface area (Å²) in [5.41, 5.74) is 1.60. The van der Waals surface area contributed by atoms with Crippen LogP contribution in [0.5, 0.6) is 0 Å². The molecular weight excluding hydrogens is 370 g/mol. The Kier molecular flexibility index (Phi) is 3.46. The zero-order valence-electron chi connectivity index (χ0n) is 9.50. The molecule has 1 atom stereocenters. The molecule has 0 saturated carbocycles. The maximum Gasteiger partial charge on any atom is 0.138 e. The zero-order chi connectivity index (χ0) is 12.7. The maximum absolute atomic E-state index is 13.7. The number of hydrogen-bond donors (Lipinski definition) is 0. The van der Waals surface area contributed by atoms with Crippen molar-refractivity contribution in [2.75, 3.05) is 13.2 Å². The third-order valence-electron chi connectivity index (χ3n) is 3.19. The first-order valence-corrected chi connectivity index (χ1v) is 7.31. The van der Waals surface area contributed by atoms with Gasteiger partial charge >= 0.3 is 0 Å². The maximum atomic E-state index is 13.7. The fourth-order valence-corrected chi connectivity index (χ4v) is 3.01. The third kappa shape index (κ3) is 2.02. The van der Waals surface area contributed by atoms with Crippen LogP contribution in [0.2, 0.25) is 0 Å². The summed E-state index contributed by atoms with van der Waals surface area (Å²) in [6, 6.07) is 3.51. The molecule has 2 heterocycles. The molecule has 0 aliphatic carbocycles. The third-order valence-corrected chi connectivity index (χ3v) is 4.26. The molecule has 2 aromatic rings. The number of aromatic nitrogens is 2. The van der Waals surface area contributed by atoms with Crippen LogP contribution in [0.15, 0.2) is 12.1 Å². The van der Waals surface area contributed by atoms with Crippen LogP contribution in [-0.2, 0) is 10.6 Å². The van der Waals surface area contributed by atoms with Crippen LogP contribution in [0.25, 0.3) is 11.0 Å². The Hall–Kier alpha value is -0.400. The van der Waals surface area contributed by atoms with Gasteiger partial charge < -0.3 is 9.30 Å². The topological polar surface area (TPSA) is 27.1 Å².